The summed E-state index contributed by atoms with van der Waals surface area (Å²) in [4.78, 5) is 32.9. The Hall–Kier alpha value is -3.30. The van der Waals surface area contributed by atoms with E-state index in [-0.39, 0.29) is 30.3 Å². The third kappa shape index (κ3) is 5.42. The average molecular weight is 511 g/mol. The van der Waals surface area contributed by atoms with Gasteiger partial charge in [-0.25, -0.2) is 13.6 Å². The Morgan fingerprint density at radius 1 is 0.917 bits per heavy atom. The highest BCUT2D eigenvalue weighted by Gasteiger charge is 2.32. The predicted octanol–water partition coefficient (Wildman–Crippen LogP) is 4.74. The first-order valence-electron chi connectivity index (χ1n) is 12.1. The van der Waals surface area contributed by atoms with Crippen molar-refractivity contribution in [2.24, 2.45) is 0 Å². The molecule has 0 radical (unpaired) electrons. The fourth-order valence-corrected chi connectivity index (χ4v) is 5.92. The number of hydrogen-bond acceptors (Lipinski definition) is 4. The molecule has 0 aliphatic carbocycles. The van der Waals surface area contributed by atoms with Gasteiger partial charge in [0.2, 0.25) is 5.91 Å². The lowest BCUT2D eigenvalue weighted by Crippen LogP contribution is -2.45. The van der Waals surface area contributed by atoms with Crippen LogP contribution in [0.2, 0.25) is 0 Å². The van der Waals surface area contributed by atoms with Gasteiger partial charge in [0.15, 0.2) is 0 Å². The van der Waals surface area contributed by atoms with E-state index in [2.05, 4.69) is 21.7 Å². The quantitative estimate of drug-likeness (QED) is 0.552. The summed E-state index contributed by atoms with van der Waals surface area (Å²) in [7, 11) is 0. The molecular formula is C27H28F2N4O2S. The number of benzene rings is 2. The molecule has 1 saturated heterocycles. The van der Waals surface area contributed by atoms with Crippen LogP contribution in [-0.2, 0) is 11.2 Å². The molecule has 2 aliphatic heterocycles. The van der Waals surface area contributed by atoms with Crippen LogP contribution in [-0.4, -0.2) is 65.9 Å². The number of anilines is 1. The van der Waals surface area contributed by atoms with Gasteiger partial charge in [0, 0.05) is 43.3 Å². The van der Waals surface area contributed by atoms with Crippen LogP contribution in [0.25, 0.3) is 0 Å². The van der Waals surface area contributed by atoms with Crippen molar-refractivity contribution in [3.8, 4) is 0 Å². The molecule has 9 heteroatoms. The van der Waals surface area contributed by atoms with Crippen LogP contribution in [0.1, 0.15) is 28.5 Å². The fourth-order valence-electron chi connectivity index (χ4n) is 5.02. The molecule has 1 atom stereocenters. The maximum absolute atomic E-state index is 14.1. The maximum atomic E-state index is 14.1. The average Bonchev–Trinajstić information content (AvgIpc) is 3.19. The molecule has 0 saturated carbocycles. The molecule has 0 spiro atoms. The first-order chi connectivity index (χ1) is 17.5. The molecule has 6 nitrogen and oxygen atoms in total. The number of halogens is 2. The molecule has 188 valence electrons. The molecule has 1 unspecified atom stereocenters. The van der Waals surface area contributed by atoms with E-state index in [0.29, 0.717) is 38.3 Å². The summed E-state index contributed by atoms with van der Waals surface area (Å²) in [6.07, 6.45) is 1.52. The Morgan fingerprint density at radius 2 is 1.67 bits per heavy atom. The van der Waals surface area contributed by atoms with E-state index in [4.69, 9.17) is 0 Å². The summed E-state index contributed by atoms with van der Waals surface area (Å²) < 4.78 is 27.5. The Labute approximate surface area is 213 Å². The van der Waals surface area contributed by atoms with Crippen molar-refractivity contribution in [1.82, 2.24) is 14.7 Å². The topological polar surface area (TPSA) is 55.9 Å². The molecule has 2 aromatic carbocycles. The zero-order valence-electron chi connectivity index (χ0n) is 19.8. The van der Waals surface area contributed by atoms with Crippen molar-refractivity contribution >= 4 is 29.0 Å². The molecule has 3 aromatic rings. The van der Waals surface area contributed by atoms with Gasteiger partial charge >= 0.3 is 6.03 Å². The minimum absolute atomic E-state index is 0.00229. The Morgan fingerprint density at radius 3 is 2.47 bits per heavy atom. The Balaban J connectivity index is 1.24. The normalized spacial score (nSPS) is 18.4. The molecule has 36 heavy (non-hydrogen) atoms. The van der Waals surface area contributed by atoms with Gasteiger partial charge in [-0.05, 0) is 65.7 Å². The van der Waals surface area contributed by atoms with Gasteiger partial charge in [-0.3, -0.25) is 9.69 Å². The number of carbonyl (C=O) groups is 2. The molecule has 1 aromatic heterocycles. The molecule has 5 rings (SSSR count). The smallest absolute Gasteiger partial charge is 0.321 e. The van der Waals surface area contributed by atoms with Crippen LogP contribution < -0.4 is 5.32 Å². The molecule has 0 bridgehead atoms. The molecule has 1 N–H and O–H groups in total. The molecule has 3 heterocycles. The number of carbonyl (C=O) groups excluding carboxylic acids is 2. The second-order valence-electron chi connectivity index (χ2n) is 9.14. The van der Waals surface area contributed by atoms with Crippen LogP contribution in [0.15, 0.2) is 60.0 Å². The van der Waals surface area contributed by atoms with Crippen LogP contribution in [0, 0.1) is 11.6 Å². The second-order valence-corrected chi connectivity index (χ2v) is 10.1. The van der Waals surface area contributed by atoms with E-state index < -0.39 is 5.82 Å². The highest BCUT2D eigenvalue weighted by molar-refractivity contribution is 7.10. The van der Waals surface area contributed by atoms with E-state index in [0.717, 1.165) is 24.1 Å². The Bertz CT molecular complexity index is 1250. The first-order valence-corrected chi connectivity index (χ1v) is 13.0. The molecule has 2 aliphatic rings. The number of fused-ring (bicyclic) bond motifs is 1. The lowest BCUT2D eigenvalue weighted by molar-refractivity contribution is -0.132. The van der Waals surface area contributed by atoms with E-state index in [1.165, 1.54) is 23.1 Å². The zero-order valence-corrected chi connectivity index (χ0v) is 20.6. The summed E-state index contributed by atoms with van der Waals surface area (Å²) in [5.74, 6) is -0.697. The standard InChI is InChI=1S/C27H28F2N4O2S/c28-20-5-1-4-19(16-20)26-23-9-15-36-24(23)8-12-33(26)18-25(34)31-10-3-11-32(14-13-31)27(35)30-22-7-2-6-21(29)17-22/h1-2,4-7,9,15-17,26H,3,8,10-14,18H2,(H,30,35). The minimum atomic E-state index is -0.413. The Kier molecular flexibility index (Phi) is 7.29. The summed E-state index contributed by atoms with van der Waals surface area (Å²) >= 11 is 1.70. The minimum Gasteiger partial charge on any atom is -0.340 e. The van der Waals surface area contributed by atoms with Gasteiger partial charge < -0.3 is 15.1 Å². The van der Waals surface area contributed by atoms with Crippen LogP contribution >= 0.6 is 11.3 Å². The van der Waals surface area contributed by atoms with Crippen molar-refractivity contribution in [2.45, 2.75) is 18.9 Å². The number of hydrogen-bond donors (Lipinski definition) is 1. The number of rotatable bonds is 4. The largest absolute Gasteiger partial charge is 0.340 e. The summed E-state index contributed by atoms with van der Waals surface area (Å²) in [5.41, 5.74) is 2.39. The number of nitrogens with zero attached hydrogens (tertiary/aromatic N) is 3. The number of nitrogens with one attached hydrogen (secondary N) is 1. The summed E-state index contributed by atoms with van der Waals surface area (Å²) in [6.45, 7) is 2.85. The fraction of sp³-hybridized carbons (Fsp3) is 0.333. The van der Waals surface area contributed by atoms with Crippen LogP contribution in [0.3, 0.4) is 0 Å². The highest BCUT2D eigenvalue weighted by atomic mass is 32.1. The molecule has 3 amide bonds. The van der Waals surface area contributed by atoms with E-state index in [9.17, 15) is 18.4 Å². The number of urea groups is 1. The predicted molar refractivity (Wildman–Crippen MR) is 136 cm³/mol. The van der Waals surface area contributed by atoms with Gasteiger partial charge in [0.05, 0.1) is 12.6 Å². The SMILES string of the molecule is O=C(CN1CCc2sccc2C1c1cccc(F)c1)N1CCCN(C(=O)Nc2cccc(F)c2)CC1. The summed E-state index contributed by atoms with van der Waals surface area (Å²) in [6, 6.07) is 14.0. The van der Waals surface area contributed by atoms with Gasteiger partial charge in [0.1, 0.15) is 11.6 Å². The molecule has 1 fully saturated rings. The van der Waals surface area contributed by atoms with Crippen LogP contribution in [0.5, 0.6) is 0 Å². The van der Waals surface area contributed by atoms with Gasteiger partial charge in [-0.15, -0.1) is 11.3 Å². The van der Waals surface area contributed by atoms with Crippen LogP contribution in [0.4, 0.5) is 19.3 Å². The maximum Gasteiger partial charge on any atom is 0.321 e. The second kappa shape index (κ2) is 10.8. The van der Waals surface area contributed by atoms with E-state index in [1.54, 1.807) is 45.4 Å². The lowest BCUT2D eigenvalue weighted by atomic mass is 9.93. The van der Waals surface area contributed by atoms with Gasteiger partial charge in [0.25, 0.3) is 0 Å². The van der Waals surface area contributed by atoms with Crippen molar-refractivity contribution in [2.75, 3.05) is 44.6 Å². The lowest BCUT2D eigenvalue weighted by Gasteiger charge is -2.37. The van der Waals surface area contributed by atoms with Gasteiger partial charge in [-0.2, -0.15) is 0 Å². The van der Waals surface area contributed by atoms with E-state index in [1.807, 2.05) is 6.07 Å². The summed E-state index contributed by atoms with van der Waals surface area (Å²) in [5, 5.41) is 4.79. The van der Waals surface area contributed by atoms with Crippen molar-refractivity contribution in [1.29, 1.82) is 0 Å². The van der Waals surface area contributed by atoms with Crippen molar-refractivity contribution in [3.05, 3.63) is 87.6 Å². The highest BCUT2D eigenvalue weighted by Crippen LogP contribution is 2.37. The first kappa shape index (κ1) is 24.4. The van der Waals surface area contributed by atoms with Crippen molar-refractivity contribution < 1.29 is 18.4 Å². The third-order valence-electron chi connectivity index (χ3n) is 6.78. The zero-order chi connectivity index (χ0) is 25.1. The van der Waals surface area contributed by atoms with E-state index >= 15 is 0 Å². The number of thiophene rings is 1. The monoisotopic (exact) mass is 510 g/mol. The number of amides is 3. The molecular weight excluding hydrogens is 482 g/mol. The van der Waals surface area contributed by atoms with Crippen molar-refractivity contribution in [3.63, 3.8) is 0 Å². The third-order valence-corrected chi connectivity index (χ3v) is 7.78. The van der Waals surface area contributed by atoms with Gasteiger partial charge in [-0.1, -0.05) is 18.2 Å².